The van der Waals surface area contributed by atoms with E-state index in [9.17, 15) is 0 Å². The minimum atomic E-state index is 1.37. The van der Waals surface area contributed by atoms with Gasteiger partial charge >= 0.3 is 0 Å². The molecule has 1 aliphatic heterocycles. The van der Waals surface area contributed by atoms with E-state index >= 15 is 0 Å². The topological polar surface area (TPSA) is 3.24 Å². The fourth-order valence-electron chi connectivity index (χ4n) is 3.54. The molecule has 0 spiro atoms. The van der Waals surface area contributed by atoms with Crippen molar-refractivity contribution in [2.45, 2.75) is 110 Å². The van der Waals surface area contributed by atoms with Gasteiger partial charge in [0.1, 0.15) is 0 Å². The van der Waals surface area contributed by atoms with Crippen molar-refractivity contribution in [1.82, 2.24) is 4.90 Å². The van der Waals surface area contributed by atoms with E-state index in [4.69, 9.17) is 0 Å². The van der Waals surface area contributed by atoms with Crippen LogP contribution < -0.4 is 0 Å². The van der Waals surface area contributed by atoms with Gasteiger partial charge in [-0.25, -0.2) is 0 Å². The van der Waals surface area contributed by atoms with Crippen LogP contribution in [0.3, 0.4) is 0 Å². The Morgan fingerprint density at radius 1 is 0.524 bits per heavy atom. The molecule has 0 N–H and O–H groups in total. The lowest BCUT2D eigenvalue weighted by Gasteiger charge is -2.22. The fraction of sp³-hybridized carbons (Fsp3) is 1.00. The van der Waals surface area contributed by atoms with Gasteiger partial charge in [0.15, 0.2) is 0 Å². The molecule has 1 heteroatoms. The Kier molecular flexibility index (Phi) is 13.5. The van der Waals surface area contributed by atoms with Crippen molar-refractivity contribution in [3.05, 3.63) is 0 Å². The van der Waals surface area contributed by atoms with Crippen molar-refractivity contribution in [3.8, 4) is 0 Å². The van der Waals surface area contributed by atoms with Crippen LogP contribution in [0, 0.1) is 0 Å². The van der Waals surface area contributed by atoms with Crippen molar-refractivity contribution in [2.75, 3.05) is 19.6 Å². The Hall–Kier alpha value is -0.0400. The molecule has 1 rings (SSSR count). The third kappa shape index (κ3) is 12.2. The van der Waals surface area contributed by atoms with Crippen LogP contribution in [0.25, 0.3) is 0 Å². The number of nitrogens with zero attached hydrogens (tertiary/aromatic N) is 1. The van der Waals surface area contributed by atoms with E-state index in [-0.39, 0.29) is 0 Å². The van der Waals surface area contributed by atoms with Crippen molar-refractivity contribution in [1.29, 1.82) is 0 Å². The van der Waals surface area contributed by atoms with E-state index in [1.807, 2.05) is 0 Å². The monoisotopic (exact) mass is 295 g/mol. The maximum atomic E-state index is 2.78. The lowest BCUT2D eigenvalue weighted by Crippen LogP contribution is -2.27. The van der Waals surface area contributed by atoms with Crippen LogP contribution in [0.15, 0.2) is 0 Å². The normalized spacial score (nSPS) is 20.4. The molecular formula is C20H41N. The number of hydrogen-bond donors (Lipinski definition) is 0. The molecule has 0 aromatic heterocycles. The van der Waals surface area contributed by atoms with Crippen molar-refractivity contribution >= 4 is 0 Å². The van der Waals surface area contributed by atoms with Gasteiger partial charge in [-0.1, -0.05) is 90.4 Å². The van der Waals surface area contributed by atoms with Crippen LogP contribution in [-0.4, -0.2) is 24.5 Å². The zero-order valence-electron chi connectivity index (χ0n) is 14.9. The van der Waals surface area contributed by atoms with Gasteiger partial charge in [0, 0.05) is 0 Å². The summed E-state index contributed by atoms with van der Waals surface area (Å²) in [6.07, 6.45) is 23.3. The SMILES string of the molecule is CCCCCCCCN1CCCCCCCCCCCC1. The summed E-state index contributed by atoms with van der Waals surface area (Å²) < 4.78 is 0. The molecule has 1 aliphatic rings. The molecule has 1 saturated heterocycles. The lowest BCUT2D eigenvalue weighted by atomic mass is 10.1. The molecule has 0 amide bonds. The highest BCUT2D eigenvalue weighted by atomic mass is 15.1. The Morgan fingerprint density at radius 3 is 1.48 bits per heavy atom. The molecule has 126 valence electrons. The molecule has 0 unspecified atom stereocenters. The molecule has 0 radical (unpaired) electrons. The van der Waals surface area contributed by atoms with Gasteiger partial charge in [0.05, 0.1) is 0 Å². The summed E-state index contributed by atoms with van der Waals surface area (Å²) >= 11 is 0. The predicted octanol–water partition coefficient (Wildman–Crippen LogP) is 6.56. The maximum Gasteiger partial charge on any atom is -0.00187 e. The average Bonchev–Trinajstić information content (AvgIpc) is 2.52. The second-order valence-electron chi connectivity index (χ2n) is 7.14. The summed E-state index contributed by atoms with van der Waals surface area (Å²) in [5, 5.41) is 0. The Balaban J connectivity index is 2.11. The Bertz CT molecular complexity index is 188. The number of hydrogen-bond acceptors (Lipinski definition) is 1. The Labute approximate surface area is 134 Å². The van der Waals surface area contributed by atoms with Gasteiger partial charge in [-0.05, 0) is 38.9 Å². The zero-order valence-corrected chi connectivity index (χ0v) is 14.9. The minimum Gasteiger partial charge on any atom is -0.303 e. The average molecular weight is 296 g/mol. The van der Waals surface area contributed by atoms with Crippen LogP contribution in [0.2, 0.25) is 0 Å². The van der Waals surface area contributed by atoms with Gasteiger partial charge in [-0.3, -0.25) is 0 Å². The smallest absolute Gasteiger partial charge is 0.00187 e. The lowest BCUT2D eigenvalue weighted by molar-refractivity contribution is 0.255. The third-order valence-corrected chi connectivity index (χ3v) is 5.03. The molecular weight excluding hydrogens is 254 g/mol. The van der Waals surface area contributed by atoms with Crippen LogP contribution in [0.1, 0.15) is 110 Å². The van der Waals surface area contributed by atoms with Crippen molar-refractivity contribution < 1.29 is 0 Å². The van der Waals surface area contributed by atoms with E-state index in [0.717, 1.165) is 0 Å². The quantitative estimate of drug-likeness (QED) is 0.480. The van der Waals surface area contributed by atoms with Gasteiger partial charge in [-0.2, -0.15) is 0 Å². The standard InChI is InChI=1S/C20H41N/c1-2-3-4-5-12-15-18-21-19-16-13-10-8-6-7-9-11-14-17-20-21/h2-20H2,1H3. The van der Waals surface area contributed by atoms with Crippen molar-refractivity contribution in [2.24, 2.45) is 0 Å². The Morgan fingerprint density at radius 2 is 0.952 bits per heavy atom. The van der Waals surface area contributed by atoms with Gasteiger partial charge in [0.2, 0.25) is 0 Å². The summed E-state index contributed by atoms with van der Waals surface area (Å²) in [6, 6.07) is 0. The molecule has 1 heterocycles. The second kappa shape index (κ2) is 14.9. The first-order valence-electron chi connectivity index (χ1n) is 10.2. The first kappa shape index (κ1) is 19.0. The number of rotatable bonds is 7. The molecule has 0 saturated carbocycles. The molecule has 1 nitrogen and oxygen atoms in total. The molecule has 21 heavy (non-hydrogen) atoms. The van der Waals surface area contributed by atoms with Crippen LogP contribution in [-0.2, 0) is 0 Å². The molecule has 0 bridgehead atoms. The van der Waals surface area contributed by atoms with E-state index in [1.165, 1.54) is 122 Å². The highest BCUT2D eigenvalue weighted by Crippen LogP contribution is 2.14. The van der Waals surface area contributed by atoms with E-state index < -0.39 is 0 Å². The van der Waals surface area contributed by atoms with Crippen LogP contribution in [0.4, 0.5) is 0 Å². The molecule has 0 aromatic rings. The molecule has 0 atom stereocenters. The summed E-state index contributed by atoms with van der Waals surface area (Å²) in [5.74, 6) is 0. The molecule has 1 fully saturated rings. The second-order valence-corrected chi connectivity index (χ2v) is 7.14. The summed E-state index contributed by atoms with van der Waals surface area (Å²) in [5.41, 5.74) is 0. The minimum absolute atomic E-state index is 1.37. The van der Waals surface area contributed by atoms with E-state index in [0.29, 0.717) is 0 Å². The highest BCUT2D eigenvalue weighted by Gasteiger charge is 2.05. The number of unbranched alkanes of at least 4 members (excludes halogenated alkanes) is 5. The largest absolute Gasteiger partial charge is 0.303 e. The van der Waals surface area contributed by atoms with E-state index in [2.05, 4.69) is 11.8 Å². The van der Waals surface area contributed by atoms with Gasteiger partial charge in [-0.15, -0.1) is 0 Å². The fourth-order valence-corrected chi connectivity index (χ4v) is 3.54. The third-order valence-electron chi connectivity index (χ3n) is 5.03. The van der Waals surface area contributed by atoms with Crippen LogP contribution >= 0.6 is 0 Å². The van der Waals surface area contributed by atoms with Gasteiger partial charge in [0.25, 0.3) is 0 Å². The highest BCUT2D eigenvalue weighted by molar-refractivity contribution is 4.61. The van der Waals surface area contributed by atoms with Crippen LogP contribution in [0.5, 0.6) is 0 Å². The molecule has 0 aliphatic carbocycles. The summed E-state index contributed by atoms with van der Waals surface area (Å²) in [4.78, 5) is 2.78. The maximum absolute atomic E-state index is 2.78. The zero-order chi connectivity index (χ0) is 15.0. The summed E-state index contributed by atoms with van der Waals surface area (Å²) in [7, 11) is 0. The predicted molar refractivity (Wildman–Crippen MR) is 96.0 cm³/mol. The van der Waals surface area contributed by atoms with Crippen molar-refractivity contribution in [3.63, 3.8) is 0 Å². The summed E-state index contributed by atoms with van der Waals surface area (Å²) in [6.45, 7) is 6.41. The first-order chi connectivity index (χ1) is 10.4. The molecule has 0 aromatic carbocycles. The van der Waals surface area contributed by atoms with E-state index in [1.54, 1.807) is 0 Å². The van der Waals surface area contributed by atoms with Gasteiger partial charge < -0.3 is 4.90 Å². The first-order valence-corrected chi connectivity index (χ1v) is 10.2.